The molecular formula is C19H23NO5S. The molecule has 140 valence electrons. The summed E-state index contributed by atoms with van der Waals surface area (Å²) in [5, 5.41) is 0. The van der Waals surface area contributed by atoms with E-state index in [4.69, 9.17) is 9.47 Å². The standard InChI is InChI=1S/C19H23NO5S/c1-4-25-19(21)13-18(15-7-9-16(24-3)10-8-15)20-26(22,23)17-11-5-14(2)6-12-17/h5-12,18,20H,4,13H2,1-3H3. The van der Waals surface area contributed by atoms with Crippen LogP contribution < -0.4 is 9.46 Å². The van der Waals surface area contributed by atoms with E-state index in [0.29, 0.717) is 11.3 Å². The average molecular weight is 377 g/mol. The smallest absolute Gasteiger partial charge is 0.307 e. The first-order valence-corrected chi connectivity index (χ1v) is 9.72. The Labute approximate surface area is 154 Å². The largest absolute Gasteiger partial charge is 0.497 e. The van der Waals surface area contributed by atoms with Gasteiger partial charge in [-0.25, -0.2) is 13.1 Å². The maximum absolute atomic E-state index is 12.7. The zero-order chi connectivity index (χ0) is 19.2. The van der Waals surface area contributed by atoms with Crippen molar-refractivity contribution in [2.24, 2.45) is 0 Å². The number of carbonyl (C=O) groups excluding carboxylic acids is 1. The summed E-state index contributed by atoms with van der Waals surface area (Å²) >= 11 is 0. The van der Waals surface area contributed by atoms with Crippen molar-refractivity contribution in [1.82, 2.24) is 4.72 Å². The summed E-state index contributed by atoms with van der Waals surface area (Å²) in [5.74, 6) is 0.171. The van der Waals surface area contributed by atoms with Crippen LogP contribution in [0.15, 0.2) is 53.4 Å². The van der Waals surface area contributed by atoms with Gasteiger partial charge in [0.15, 0.2) is 0 Å². The predicted octanol–water partition coefficient (Wildman–Crippen LogP) is 2.98. The lowest BCUT2D eigenvalue weighted by atomic mass is 10.0. The fourth-order valence-electron chi connectivity index (χ4n) is 2.42. The van der Waals surface area contributed by atoms with Crippen molar-refractivity contribution < 1.29 is 22.7 Å². The summed E-state index contributed by atoms with van der Waals surface area (Å²) in [6.45, 7) is 3.82. The highest BCUT2D eigenvalue weighted by atomic mass is 32.2. The SMILES string of the molecule is CCOC(=O)CC(NS(=O)(=O)c1ccc(C)cc1)c1ccc(OC)cc1. The Morgan fingerprint density at radius 3 is 2.23 bits per heavy atom. The third kappa shape index (κ3) is 5.31. The lowest BCUT2D eigenvalue weighted by Gasteiger charge is -2.19. The van der Waals surface area contributed by atoms with Gasteiger partial charge in [-0.05, 0) is 43.7 Å². The van der Waals surface area contributed by atoms with Crippen molar-refractivity contribution in [3.63, 3.8) is 0 Å². The zero-order valence-electron chi connectivity index (χ0n) is 15.1. The van der Waals surface area contributed by atoms with Crippen molar-refractivity contribution >= 4 is 16.0 Å². The van der Waals surface area contributed by atoms with E-state index in [2.05, 4.69) is 4.72 Å². The van der Waals surface area contributed by atoms with Crippen LogP contribution in [-0.2, 0) is 19.6 Å². The number of sulfonamides is 1. The molecule has 0 fully saturated rings. The molecule has 0 aliphatic rings. The summed E-state index contributed by atoms with van der Waals surface area (Å²) < 4.78 is 38.1. The number of benzene rings is 2. The molecule has 0 aliphatic carbocycles. The van der Waals surface area contributed by atoms with Crippen molar-refractivity contribution in [2.45, 2.75) is 31.2 Å². The Morgan fingerprint density at radius 2 is 1.69 bits per heavy atom. The van der Waals surface area contributed by atoms with Crippen LogP contribution in [0.25, 0.3) is 0 Å². The van der Waals surface area contributed by atoms with Gasteiger partial charge in [0.1, 0.15) is 5.75 Å². The fourth-order valence-corrected chi connectivity index (χ4v) is 3.65. The minimum atomic E-state index is -3.79. The second-order valence-electron chi connectivity index (χ2n) is 5.77. The van der Waals surface area contributed by atoms with Crippen molar-refractivity contribution in [2.75, 3.05) is 13.7 Å². The van der Waals surface area contributed by atoms with E-state index in [1.807, 2.05) is 6.92 Å². The van der Waals surface area contributed by atoms with Gasteiger partial charge < -0.3 is 9.47 Å². The highest BCUT2D eigenvalue weighted by Gasteiger charge is 2.24. The van der Waals surface area contributed by atoms with Gasteiger partial charge in [0.25, 0.3) is 0 Å². The number of aryl methyl sites for hydroxylation is 1. The third-order valence-electron chi connectivity index (χ3n) is 3.82. The number of methoxy groups -OCH3 is 1. The monoisotopic (exact) mass is 377 g/mol. The molecule has 7 heteroatoms. The molecule has 0 amide bonds. The zero-order valence-corrected chi connectivity index (χ0v) is 15.9. The molecular weight excluding hydrogens is 354 g/mol. The number of carbonyl (C=O) groups is 1. The summed E-state index contributed by atoms with van der Waals surface area (Å²) in [6.07, 6.45) is -0.106. The van der Waals surface area contributed by atoms with Crippen LogP contribution in [0, 0.1) is 6.92 Å². The van der Waals surface area contributed by atoms with E-state index in [-0.39, 0.29) is 17.9 Å². The normalized spacial score (nSPS) is 12.4. The molecule has 0 aromatic heterocycles. The molecule has 2 aromatic rings. The molecule has 0 heterocycles. The van der Waals surface area contributed by atoms with Gasteiger partial charge >= 0.3 is 5.97 Å². The van der Waals surface area contributed by atoms with E-state index < -0.39 is 22.0 Å². The van der Waals surface area contributed by atoms with Gasteiger partial charge in [-0.1, -0.05) is 29.8 Å². The molecule has 0 spiro atoms. The summed E-state index contributed by atoms with van der Waals surface area (Å²) in [7, 11) is -2.24. The number of esters is 1. The van der Waals surface area contributed by atoms with E-state index >= 15 is 0 Å². The Morgan fingerprint density at radius 1 is 1.08 bits per heavy atom. The summed E-state index contributed by atoms with van der Waals surface area (Å²) in [6, 6.07) is 12.7. The van der Waals surface area contributed by atoms with Crippen LogP contribution in [-0.4, -0.2) is 28.1 Å². The summed E-state index contributed by atoms with van der Waals surface area (Å²) in [5.41, 5.74) is 1.61. The second-order valence-corrected chi connectivity index (χ2v) is 7.48. The topological polar surface area (TPSA) is 81.7 Å². The van der Waals surface area contributed by atoms with Crippen LogP contribution in [0.4, 0.5) is 0 Å². The van der Waals surface area contributed by atoms with Crippen LogP contribution in [0.1, 0.15) is 30.5 Å². The molecule has 0 radical (unpaired) electrons. The van der Waals surface area contributed by atoms with Gasteiger partial charge in [-0.2, -0.15) is 0 Å². The maximum atomic E-state index is 12.7. The second kappa shape index (κ2) is 8.82. The number of hydrogen-bond acceptors (Lipinski definition) is 5. The molecule has 1 unspecified atom stereocenters. The minimum Gasteiger partial charge on any atom is -0.497 e. The van der Waals surface area contributed by atoms with Crippen LogP contribution in [0.5, 0.6) is 5.75 Å². The van der Waals surface area contributed by atoms with Crippen LogP contribution in [0.3, 0.4) is 0 Å². The van der Waals surface area contributed by atoms with Crippen molar-refractivity contribution in [1.29, 1.82) is 0 Å². The highest BCUT2D eigenvalue weighted by molar-refractivity contribution is 7.89. The third-order valence-corrected chi connectivity index (χ3v) is 5.31. The number of ether oxygens (including phenoxy) is 2. The van der Waals surface area contributed by atoms with E-state index in [0.717, 1.165) is 5.56 Å². The van der Waals surface area contributed by atoms with E-state index in [1.165, 1.54) is 12.1 Å². The molecule has 2 rings (SSSR count). The molecule has 0 saturated carbocycles. The number of rotatable bonds is 8. The van der Waals surface area contributed by atoms with E-state index in [9.17, 15) is 13.2 Å². The number of hydrogen-bond donors (Lipinski definition) is 1. The highest BCUT2D eigenvalue weighted by Crippen LogP contribution is 2.23. The minimum absolute atomic E-state index is 0.106. The van der Waals surface area contributed by atoms with Crippen LogP contribution in [0.2, 0.25) is 0 Å². The lowest BCUT2D eigenvalue weighted by molar-refractivity contribution is -0.143. The fraction of sp³-hybridized carbons (Fsp3) is 0.316. The first kappa shape index (κ1) is 19.9. The molecule has 0 saturated heterocycles. The van der Waals surface area contributed by atoms with Crippen molar-refractivity contribution in [3.8, 4) is 5.75 Å². The summed E-state index contributed by atoms with van der Waals surface area (Å²) in [4.78, 5) is 12.1. The molecule has 1 atom stereocenters. The molecule has 1 N–H and O–H groups in total. The first-order chi connectivity index (χ1) is 12.4. The lowest BCUT2D eigenvalue weighted by Crippen LogP contribution is -2.30. The first-order valence-electron chi connectivity index (χ1n) is 8.24. The Kier molecular flexibility index (Phi) is 6.76. The van der Waals surface area contributed by atoms with Gasteiger partial charge in [0.05, 0.1) is 31.1 Å². The van der Waals surface area contributed by atoms with E-state index in [1.54, 1.807) is 50.4 Å². The van der Waals surface area contributed by atoms with Gasteiger partial charge in [-0.3, -0.25) is 4.79 Å². The maximum Gasteiger partial charge on any atom is 0.307 e. The quantitative estimate of drug-likeness (QED) is 0.715. The molecule has 26 heavy (non-hydrogen) atoms. The average Bonchev–Trinajstić information content (AvgIpc) is 2.61. The molecule has 0 bridgehead atoms. The van der Waals surface area contributed by atoms with Gasteiger partial charge in [0, 0.05) is 0 Å². The van der Waals surface area contributed by atoms with Crippen molar-refractivity contribution in [3.05, 3.63) is 59.7 Å². The van der Waals surface area contributed by atoms with Crippen LogP contribution >= 0.6 is 0 Å². The predicted molar refractivity (Wildman–Crippen MR) is 98.5 cm³/mol. The molecule has 0 aliphatic heterocycles. The van der Waals surface area contributed by atoms with Gasteiger partial charge in [-0.15, -0.1) is 0 Å². The number of nitrogens with one attached hydrogen (secondary N) is 1. The Hall–Kier alpha value is -2.38. The Balaban J connectivity index is 2.29. The van der Waals surface area contributed by atoms with Gasteiger partial charge in [0.2, 0.25) is 10.0 Å². The Bertz CT molecular complexity index is 829. The molecule has 2 aromatic carbocycles. The molecule has 6 nitrogen and oxygen atoms in total.